The van der Waals surface area contributed by atoms with E-state index in [0.717, 1.165) is 20.5 Å². The van der Waals surface area contributed by atoms with E-state index in [2.05, 4.69) is 15.9 Å². The van der Waals surface area contributed by atoms with Crippen LogP contribution in [0.3, 0.4) is 0 Å². The van der Waals surface area contributed by atoms with Crippen molar-refractivity contribution in [1.29, 1.82) is 0 Å². The Hall–Kier alpha value is -2.53. The predicted molar refractivity (Wildman–Crippen MR) is 92.6 cm³/mol. The number of benzene rings is 2. The first-order chi connectivity index (χ1) is 11.5. The standard InChI is InChI=1S/C19H12BrNO3/c20-14-6-5-11-7-13(8-12(11)9-14)17(22)10-21-18(23)15-3-1-2-4-16(15)19(21)24/h1-6,8-9H,7,10H2. The van der Waals surface area contributed by atoms with Gasteiger partial charge in [-0.3, -0.25) is 19.3 Å². The molecule has 24 heavy (non-hydrogen) atoms. The molecule has 1 heterocycles. The minimum Gasteiger partial charge on any atom is -0.292 e. The quantitative estimate of drug-likeness (QED) is 0.766. The Morgan fingerprint density at radius 3 is 2.38 bits per heavy atom. The number of carbonyl (C=O) groups is 3. The second-order valence-corrected chi connectivity index (χ2v) is 6.77. The number of rotatable bonds is 3. The van der Waals surface area contributed by atoms with Crippen molar-refractivity contribution in [3.05, 3.63) is 74.8 Å². The molecule has 0 atom stereocenters. The monoisotopic (exact) mass is 381 g/mol. The molecular formula is C19H12BrNO3. The molecular weight excluding hydrogens is 370 g/mol. The summed E-state index contributed by atoms with van der Waals surface area (Å²) in [5.41, 5.74) is 3.42. The maximum Gasteiger partial charge on any atom is 0.261 e. The van der Waals surface area contributed by atoms with Crippen molar-refractivity contribution in [2.75, 3.05) is 6.54 Å². The zero-order valence-electron chi connectivity index (χ0n) is 12.6. The van der Waals surface area contributed by atoms with Gasteiger partial charge in [0.05, 0.1) is 17.7 Å². The molecule has 0 saturated carbocycles. The summed E-state index contributed by atoms with van der Waals surface area (Å²) in [5, 5.41) is 0. The molecule has 118 valence electrons. The van der Waals surface area contributed by atoms with Gasteiger partial charge >= 0.3 is 0 Å². The minimum absolute atomic E-state index is 0.197. The summed E-state index contributed by atoms with van der Waals surface area (Å²) in [6.07, 6.45) is 2.37. The summed E-state index contributed by atoms with van der Waals surface area (Å²) >= 11 is 3.41. The Labute approximate surface area is 146 Å². The Bertz CT molecular complexity index is 910. The Morgan fingerprint density at radius 2 is 1.71 bits per heavy atom. The summed E-state index contributed by atoms with van der Waals surface area (Å²) in [6.45, 7) is -0.215. The van der Waals surface area contributed by atoms with Crippen LogP contribution in [-0.4, -0.2) is 29.0 Å². The van der Waals surface area contributed by atoms with Gasteiger partial charge < -0.3 is 0 Å². The van der Waals surface area contributed by atoms with Gasteiger partial charge in [0.1, 0.15) is 0 Å². The normalized spacial score (nSPS) is 15.4. The van der Waals surface area contributed by atoms with E-state index < -0.39 is 11.8 Å². The molecule has 1 aliphatic heterocycles. The molecule has 4 rings (SSSR count). The van der Waals surface area contributed by atoms with Gasteiger partial charge in [0, 0.05) is 16.5 Å². The lowest BCUT2D eigenvalue weighted by Crippen LogP contribution is -2.35. The number of imide groups is 1. The summed E-state index contributed by atoms with van der Waals surface area (Å²) < 4.78 is 0.951. The molecule has 0 aromatic heterocycles. The second kappa shape index (κ2) is 5.53. The molecule has 2 aromatic rings. The van der Waals surface area contributed by atoms with Crippen molar-refractivity contribution in [3.8, 4) is 0 Å². The van der Waals surface area contributed by atoms with Crippen molar-refractivity contribution >= 4 is 39.6 Å². The van der Waals surface area contributed by atoms with Gasteiger partial charge in [-0.1, -0.05) is 34.1 Å². The third-order valence-corrected chi connectivity index (χ3v) is 4.85. The summed E-state index contributed by atoms with van der Waals surface area (Å²) in [5.74, 6) is -0.998. The van der Waals surface area contributed by atoms with Crippen molar-refractivity contribution in [1.82, 2.24) is 4.90 Å². The highest BCUT2D eigenvalue weighted by Crippen LogP contribution is 2.29. The van der Waals surface area contributed by atoms with E-state index in [9.17, 15) is 14.4 Å². The lowest BCUT2D eigenvalue weighted by molar-refractivity contribution is -0.115. The lowest BCUT2D eigenvalue weighted by Gasteiger charge is -2.13. The second-order valence-electron chi connectivity index (χ2n) is 5.85. The SMILES string of the molecule is O=C(CN1C(=O)c2ccccc2C1=O)C1=Cc2cc(Br)ccc2C1. The van der Waals surface area contributed by atoms with Crippen molar-refractivity contribution < 1.29 is 14.4 Å². The van der Waals surface area contributed by atoms with Gasteiger partial charge in [0.2, 0.25) is 0 Å². The van der Waals surface area contributed by atoms with Crippen molar-refractivity contribution in [2.24, 2.45) is 0 Å². The molecule has 0 saturated heterocycles. The molecule has 2 aromatic carbocycles. The zero-order valence-corrected chi connectivity index (χ0v) is 14.2. The lowest BCUT2D eigenvalue weighted by atomic mass is 10.1. The van der Waals surface area contributed by atoms with Gasteiger partial charge in [-0.15, -0.1) is 0 Å². The van der Waals surface area contributed by atoms with E-state index in [0.29, 0.717) is 23.1 Å². The fourth-order valence-electron chi connectivity index (χ4n) is 3.11. The van der Waals surface area contributed by atoms with Crippen LogP contribution >= 0.6 is 15.9 Å². The maximum atomic E-state index is 12.6. The molecule has 0 radical (unpaired) electrons. The smallest absolute Gasteiger partial charge is 0.261 e. The average molecular weight is 382 g/mol. The summed E-state index contributed by atoms with van der Waals surface area (Å²) in [7, 11) is 0. The van der Waals surface area contributed by atoms with Gasteiger partial charge in [-0.2, -0.15) is 0 Å². The number of hydrogen-bond acceptors (Lipinski definition) is 3. The minimum atomic E-state index is -0.400. The van der Waals surface area contributed by atoms with Crippen LogP contribution in [0.25, 0.3) is 6.08 Å². The number of halogens is 1. The number of hydrogen-bond donors (Lipinski definition) is 0. The van der Waals surface area contributed by atoms with Crippen LogP contribution in [0.5, 0.6) is 0 Å². The highest BCUT2D eigenvalue weighted by molar-refractivity contribution is 9.10. The highest BCUT2D eigenvalue weighted by atomic mass is 79.9. The summed E-state index contributed by atoms with van der Waals surface area (Å²) in [6, 6.07) is 12.5. The first-order valence-corrected chi connectivity index (χ1v) is 8.31. The van der Waals surface area contributed by atoms with Crippen LogP contribution in [0.4, 0.5) is 0 Å². The largest absolute Gasteiger partial charge is 0.292 e. The predicted octanol–water partition coefficient (Wildman–Crippen LogP) is 3.25. The third kappa shape index (κ3) is 2.32. The van der Waals surface area contributed by atoms with E-state index in [4.69, 9.17) is 0 Å². The number of Topliss-reactive ketones (excluding diaryl/α,β-unsaturated/α-hetero) is 1. The fraction of sp³-hybridized carbons (Fsp3) is 0.105. The van der Waals surface area contributed by atoms with Crippen molar-refractivity contribution in [3.63, 3.8) is 0 Å². The molecule has 2 aliphatic rings. The van der Waals surface area contributed by atoms with E-state index in [-0.39, 0.29) is 12.3 Å². The Balaban J connectivity index is 1.55. The van der Waals surface area contributed by atoms with Crippen LogP contribution in [0.15, 0.2) is 52.5 Å². The van der Waals surface area contributed by atoms with Gasteiger partial charge in [-0.05, 0) is 41.5 Å². The Kier molecular flexibility index (Phi) is 3.46. The topological polar surface area (TPSA) is 54.5 Å². The molecule has 0 bridgehead atoms. The molecule has 0 fully saturated rings. The Morgan fingerprint density at radius 1 is 1.04 bits per heavy atom. The molecule has 0 unspecified atom stereocenters. The van der Waals surface area contributed by atoms with Crippen molar-refractivity contribution in [2.45, 2.75) is 6.42 Å². The third-order valence-electron chi connectivity index (χ3n) is 4.36. The molecule has 4 nitrogen and oxygen atoms in total. The fourth-order valence-corrected chi connectivity index (χ4v) is 3.49. The molecule has 0 N–H and O–H groups in total. The first-order valence-electron chi connectivity index (χ1n) is 7.52. The van der Waals surface area contributed by atoms with Crippen LogP contribution in [0.2, 0.25) is 0 Å². The number of nitrogens with zero attached hydrogens (tertiary/aromatic N) is 1. The van der Waals surface area contributed by atoms with Gasteiger partial charge in [-0.25, -0.2) is 0 Å². The first kappa shape index (κ1) is 15.0. The molecule has 5 heteroatoms. The van der Waals surface area contributed by atoms with Crippen LogP contribution in [0.1, 0.15) is 31.8 Å². The maximum absolute atomic E-state index is 12.6. The van der Waals surface area contributed by atoms with Crippen LogP contribution < -0.4 is 0 Å². The van der Waals surface area contributed by atoms with Crippen LogP contribution in [0, 0.1) is 0 Å². The number of fused-ring (bicyclic) bond motifs is 2. The van der Waals surface area contributed by atoms with E-state index in [1.165, 1.54) is 0 Å². The number of carbonyl (C=O) groups excluding carboxylic acids is 3. The van der Waals surface area contributed by atoms with Gasteiger partial charge in [0.15, 0.2) is 5.78 Å². The molecule has 2 amide bonds. The molecule has 0 spiro atoms. The summed E-state index contributed by atoms with van der Waals surface area (Å²) in [4.78, 5) is 38.3. The van der Waals surface area contributed by atoms with E-state index in [1.807, 2.05) is 24.3 Å². The zero-order chi connectivity index (χ0) is 16.8. The van der Waals surface area contributed by atoms with Crippen LogP contribution in [-0.2, 0) is 11.2 Å². The van der Waals surface area contributed by atoms with E-state index >= 15 is 0 Å². The molecule has 1 aliphatic carbocycles. The number of ketones is 1. The highest BCUT2D eigenvalue weighted by Gasteiger charge is 2.36. The number of amides is 2. The van der Waals surface area contributed by atoms with Gasteiger partial charge in [0.25, 0.3) is 11.8 Å². The van der Waals surface area contributed by atoms with E-state index in [1.54, 1.807) is 24.3 Å². The average Bonchev–Trinajstić information content (AvgIpc) is 3.10.